The molecule has 0 spiro atoms. The summed E-state index contributed by atoms with van der Waals surface area (Å²) in [5, 5.41) is 4.03. The van der Waals surface area contributed by atoms with Crippen molar-refractivity contribution in [3.8, 4) is 0 Å². The Hall–Kier alpha value is -0.420. The molecular weight excluding hydrogens is 282 g/mol. The summed E-state index contributed by atoms with van der Waals surface area (Å²) < 4.78 is 17.3. The molecule has 5 heteroatoms. The van der Waals surface area contributed by atoms with Gasteiger partial charge in [0.2, 0.25) is 0 Å². The van der Waals surface area contributed by atoms with Gasteiger partial charge in [-0.15, -0.1) is 0 Å². The predicted molar refractivity (Wildman–Crippen MR) is 82.1 cm³/mol. The highest BCUT2D eigenvalue weighted by Gasteiger charge is 2.13. The van der Waals surface area contributed by atoms with Gasteiger partial charge in [0, 0.05) is 34.7 Å². The molecule has 1 rings (SSSR count). The molecule has 1 aromatic carbocycles. The average Bonchev–Trinajstić information content (AvgIpc) is 2.39. The molecule has 0 amide bonds. The largest absolute Gasteiger partial charge is 0.383 e. The van der Waals surface area contributed by atoms with Gasteiger partial charge < -0.3 is 10.1 Å². The number of hydrogen-bond donors (Lipinski definition) is 1. The number of methoxy groups -OCH3 is 1. The molecule has 1 aromatic rings. The Morgan fingerprint density at radius 2 is 2.16 bits per heavy atom. The first kappa shape index (κ1) is 16.6. The highest BCUT2D eigenvalue weighted by atomic mass is 35.5. The summed E-state index contributed by atoms with van der Waals surface area (Å²) >= 11 is 6.07. The SMILES string of the molecule is CCCNC(COC)CS(=O)Cc1ccccc1Cl. The zero-order valence-electron chi connectivity index (χ0n) is 11.5. The molecule has 108 valence electrons. The van der Waals surface area contributed by atoms with Crippen molar-refractivity contribution in [1.29, 1.82) is 0 Å². The van der Waals surface area contributed by atoms with Gasteiger partial charge in [0.15, 0.2) is 0 Å². The number of benzene rings is 1. The second-order valence-electron chi connectivity index (χ2n) is 4.45. The normalized spacial score (nSPS) is 14.3. The van der Waals surface area contributed by atoms with Crippen molar-refractivity contribution in [3.63, 3.8) is 0 Å². The lowest BCUT2D eigenvalue weighted by Gasteiger charge is -2.17. The van der Waals surface area contributed by atoms with E-state index in [4.69, 9.17) is 16.3 Å². The first-order valence-corrected chi connectivity index (χ1v) is 8.34. The smallest absolute Gasteiger partial charge is 0.0624 e. The Bertz CT molecular complexity index is 401. The minimum absolute atomic E-state index is 0.133. The van der Waals surface area contributed by atoms with Crippen LogP contribution < -0.4 is 5.32 Å². The van der Waals surface area contributed by atoms with E-state index in [9.17, 15) is 4.21 Å². The van der Waals surface area contributed by atoms with Crippen molar-refractivity contribution >= 4 is 22.4 Å². The number of halogens is 1. The lowest BCUT2D eigenvalue weighted by atomic mass is 10.2. The number of rotatable bonds is 9. The second-order valence-corrected chi connectivity index (χ2v) is 6.36. The third-order valence-corrected chi connectivity index (χ3v) is 4.49. The molecular formula is C14H22ClNO2S. The summed E-state index contributed by atoms with van der Waals surface area (Å²) in [4.78, 5) is 0. The predicted octanol–water partition coefficient (Wildman–Crippen LogP) is 2.60. The van der Waals surface area contributed by atoms with E-state index in [0.717, 1.165) is 18.5 Å². The quantitative estimate of drug-likeness (QED) is 0.762. The highest BCUT2D eigenvalue weighted by molar-refractivity contribution is 7.84. The van der Waals surface area contributed by atoms with Gasteiger partial charge in [-0.05, 0) is 24.6 Å². The lowest BCUT2D eigenvalue weighted by molar-refractivity contribution is 0.173. The molecule has 19 heavy (non-hydrogen) atoms. The highest BCUT2D eigenvalue weighted by Crippen LogP contribution is 2.16. The Balaban J connectivity index is 2.50. The van der Waals surface area contributed by atoms with E-state index in [1.807, 2.05) is 24.3 Å². The molecule has 0 radical (unpaired) electrons. The van der Waals surface area contributed by atoms with E-state index in [2.05, 4.69) is 12.2 Å². The lowest BCUT2D eigenvalue weighted by Crippen LogP contribution is -2.38. The topological polar surface area (TPSA) is 38.3 Å². The summed E-state index contributed by atoms with van der Waals surface area (Å²) in [5.41, 5.74) is 0.939. The van der Waals surface area contributed by atoms with E-state index < -0.39 is 10.8 Å². The molecule has 0 aliphatic heterocycles. The van der Waals surface area contributed by atoms with Gasteiger partial charge in [-0.2, -0.15) is 0 Å². The van der Waals surface area contributed by atoms with Gasteiger partial charge in [-0.3, -0.25) is 4.21 Å². The molecule has 0 aliphatic rings. The zero-order valence-corrected chi connectivity index (χ0v) is 13.1. The van der Waals surface area contributed by atoms with Gasteiger partial charge >= 0.3 is 0 Å². The Morgan fingerprint density at radius 1 is 1.42 bits per heavy atom. The maximum atomic E-state index is 12.2. The van der Waals surface area contributed by atoms with Crippen LogP contribution in [0.2, 0.25) is 5.02 Å². The van der Waals surface area contributed by atoms with Crippen molar-refractivity contribution in [1.82, 2.24) is 5.32 Å². The van der Waals surface area contributed by atoms with Crippen molar-refractivity contribution in [2.75, 3.05) is 26.0 Å². The van der Waals surface area contributed by atoms with Crippen LogP contribution in [0.4, 0.5) is 0 Å². The standard InChI is InChI=1S/C14H22ClNO2S/c1-3-8-16-13(9-18-2)11-19(17)10-12-6-4-5-7-14(12)15/h4-7,13,16H,3,8-11H2,1-2H3. The number of hydrogen-bond acceptors (Lipinski definition) is 3. The summed E-state index contributed by atoms with van der Waals surface area (Å²) in [6.07, 6.45) is 1.05. The van der Waals surface area contributed by atoms with Gasteiger partial charge in [0.25, 0.3) is 0 Å². The fraction of sp³-hybridized carbons (Fsp3) is 0.571. The van der Waals surface area contributed by atoms with Crippen LogP contribution in [-0.2, 0) is 21.3 Å². The molecule has 0 heterocycles. The molecule has 0 saturated carbocycles. The third-order valence-electron chi connectivity index (χ3n) is 2.71. The van der Waals surface area contributed by atoms with Crippen molar-refractivity contribution in [2.24, 2.45) is 0 Å². The van der Waals surface area contributed by atoms with Crippen LogP contribution in [0.3, 0.4) is 0 Å². The van der Waals surface area contributed by atoms with Crippen molar-refractivity contribution in [2.45, 2.75) is 25.1 Å². The molecule has 0 aliphatic carbocycles. The van der Waals surface area contributed by atoms with Crippen LogP contribution >= 0.6 is 11.6 Å². The third kappa shape index (κ3) is 6.52. The van der Waals surface area contributed by atoms with Crippen LogP contribution in [-0.4, -0.2) is 36.3 Å². The summed E-state index contributed by atoms with van der Waals surface area (Å²) in [5.74, 6) is 1.08. The van der Waals surface area contributed by atoms with Gasteiger partial charge in [0.1, 0.15) is 0 Å². The molecule has 3 nitrogen and oxygen atoms in total. The van der Waals surface area contributed by atoms with Crippen LogP contribution in [0, 0.1) is 0 Å². The molecule has 2 unspecified atom stereocenters. The minimum atomic E-state index is -0.943. The summed E-state index contributed by atoms with van der Waals surface area (Å²) in [7, 11) is 0.721. The Labute approximate surface area is 123 Å². The maximum Gasteiger partial charge on any atom is 0.0624 e. The second kappa shape index (κ2) is 9.48. The molecule has 2 atom stereocenters. The number of ether oxygens (including phenoxy) is 1. The van der Waals surface area contributed by atoms with Crippen molar-refractivity contribution in [3.05, 3.63) is 34.9 Å². The Kier molecular flexibility index (Phi) is 8.30. The average molecular weight is 304 g/mol. The van der Waals surface area contributed by atoms with E-state index in [1.165, 1.54) is 0 Å². The molecule has 1 N–H and O–H groups in total. The molecule has 0 aromatic heterocycles. The number of nitrogens with one attached hydrogen (secondary N) is 1. The van der Waals surface area contributed by atoms with Crippen LogP contribution in [0.15, 0.2) is 24.3 Å². The maximum absolute atomic E-state index is 12.2. The van der Waals surface area contributed by atoms with Gasteiger partial charge in [-0.1, -0.05) is 36.7 Å². The fourth-order valence-corrected chi connectivity index (χ4v) is 3.45. The minimum Gasteiger partial charge on any atom is -0.383 e. The first-order valence-electron chi connectivity index (χ1n) is 6.48. The van der Waals surface area contributed by atoms with Gasteiger partial charge in [-0.25, -0.2) is 0 Å². The molecule has 0 bridgehead atoms. The first-order chi connectivity index (χ1) is 9.17. The van der Waals surface area contributed by atoms with Crippen LogP contribution in [0.5, 0.6) is 0 Å². The van der Waals surface area contributed by atoms with Gasteiger partial charge in [0.05, 0.1) is 12.4 Å². The van der Waals surface area contributed by atoms with Crippen LogP contribution in [0.1, 0.15) is 18.9 Å². The summed E-state index contributed by atoms with van der Waals surface area (Å²) in [6, 6.07) is 7.68. The van der Waals surface area contributed by atoms with E-state index in [-0.39, 0.29) is 6.04 Å². The zero-order chi connectivity index (χ0) is 14.1. The van der Waals surface area contributed by atoms with E-state index in [0.29, 0.717) is 23.1 Å². The van der Waals surface area contributed by atoms with Crippen LogP contribution in [0.25, 0.3) is 0 Å². The molecule has 0 saturated heterocycles. The summed E-state index contributed by atoms with van der Waals surface area (Å²) in [6.45, 7) is 3.60. The molecule has 0 fully saturated rings. The monoisotopic (exact) mass is 303 g/mol. The Morgan fingerprint density at radius 3 is 2.79 bits per heavy atom. The van der Waals surface area contributed by atoms with E-state index >= 15 is 0 Å². The fourth-order valence-electron chi connectivity index (χ4n) is 1.79. The van der Waals surface area contributed by atoms with Crippen molar-refractivity contribution < 1.29 is 8.95 Å². The van der Waals surface area contributed by atoms with E-state index in [1.54, 1.807) is 7.11 Å².